The average molecular weight is 525 g/mol. The molecule has 206 valence electrons. The summed E-state index contributed by atoms with van der Waals surface area (Å²) in [6.45, 7) is 9.45. The molecule has 38 heavy (non-hydrogen) atoms. The fourth-order valence-corrected chi connectivity index (χ4v) is 4.16. The molecule has 0 radical (unpaired) electrons. The second-order valence-corrected chi connectivity index (χ2v) is 9.41. The molecule has 1 amide bonds. The number of aromatic nitrogens is 2. The number of rotatable bonds is 15. The molecule has 0 aliphatic rings. The van der Waals surface area contributed by atoms with E-state index in [1.165, 1.54) is 11.1 Å². The summed E-state index contributed by atoms with van der Waals surface area (Å²) in [6.07, 6.45) is 3.04. The molecule has 0 spiro atoms. The zero-order chi connectivity index (χ0) is 27.5. The summed E-state index contributed by atoms with van der Waals surface area (Å²) in [5.74, 6) is 1.12. The van der Waals surface area contributed by atoms with Crippen molar-refractivity contribution < 1.29 is 24.3 Å². The summed E-state index contributed by atoms with van der Waals surface area (Å²) >= 11 is 0. The lowest BCUT2D eigenvalue weighted by atomic mass is 10.0. The number of aliphatic hydroxyl groups excluding tert-OH is 2. The van der Waals surface area contributed by atoms with Gasteiger partial charge in [-0.15, -0.1) is 0 Å². The number of carbonyl (C=O) groups excluding carboxylic acids is 1. The molecule has 4 N–H and O–H groups in total. The van der Waals surface area contributed by atoms with Crippen LogP contribution in [-0.4, -0.2) is 58.7 Å². The van der Waals surface area contributed by atoms with E-state index in [-0.39, 0.29) is 13.2 Å². The summed E-state index contributed by atoms with van der Waals surface area (Å²) < 4.78 is 11.6. The predicted molar refractivity (Wildman–Crippen MR) is 147 cm³/mol. The molecule has 9 heteroatoms. The molecule has 0 aliphatic carbocycles. The van der Waals surface area contributed by atoms with Crippen molar-refractivity contribution in [1.82, 2.24) is 20.8 Å². The van der Waals surface area contributed by atoms with Crippen LogP contribution in [0.4, 0.5) is 0 Å². The van der Waals surface area contributed by atoms with Crippen LogP contribution in [0, 0.1) is 6.92 Å². The summed E-state index contributed by atoms with van der Waals surface area (Å²) in [6, 6.07) is 10.3. The number of nitrogens with zero attached hydrogens (tertiary/aromatic N) is 2. The fraction of sp³-hybridized carbons (Fsp3) is 0.483. The average Bonchev–Trinajstić information content (AvgIpc) is 3.43. The third-order valence-electron chi connectivity index (χ3n) is 6.26. The molecular weight excluding hydrogens is 484 g/mol. The van der Waals surface area contributed by atoms with Crippen molar-refractivity contribution in [2.75, 3.05) is 26.3 Å². The number of amides is 1. The fourth-order valence-electron chi connectivity index (χ4n) is 4.16. The highest BCUT2D eigenvalue weighted by Crippen LogP contribution is 2.31. The number of aliphatic hydroxyl groups is 2. The highest BCUT2D eigenvalue weighted by atomic mass is 16.5. The number of carbonyl (C=O) groups is 1. The number of unbranched alkanes of at least 4 members (excludes halogenated alkanes) is 1. The van der Waals surface area contributed by atoms with Crippen molar-refractivity contribution in [3.8, 4) is 28.6 Å². The lowest BCUT2D eigenvalue weighted by Crippen LogP contribution is -2.36. The van der Waals surface area contributed by atoms with Crippen LogP contribution in [0.2, 0.25) is 0 Å². The molecule has 3 aromatic rings. The maximum Gasteiger partial charge on any atom is 0.258 e. The van der Waals surface area contributed by atoms with Crippen LogP contribution >= 0.6 is 0 Å². The van der Waals surface area contributed by atoms with Crippen LogP contribution in [0.25, 0.3) is 22.8 Å². The van der Waals surface area contributed by atoms with E-state index in [1.54, 1.807) is 0 Å². The van der Waals surface area contributed by atoms with Gasteiger partial charge in [-0.2, -0.15) is 4.98 Å². The van der Waals surface area contributed by atoms with Crippen LogP contribution < -0.4 is 15.4 Å². The minimum absolute atomic E-state index is 0.000627. The molecule has 0 fully saturated rings. The Balaban J connectivity index is 1.77. The van der Waals surface area contributed by atoms with Gasteiger partial charge in [-0.25, -0.2) is 0 Å². The molecule has 0 bridgehead atoms. The third kappa shape index (κ3) is 8.11. The van der Waals surface area contributed by atoms with E-state index in [4.69, 9.17) is 19.4 Å². The first-order valence-corrected chi connectivity index (χ1v) is 13.4. The number of benzene rings is 2. The Hall–Kier alpha value is -3.27. The van der Waals surface area contributed by atoms with E-state index in [9.17, 15) is 9.90 Å². The lowest BCUT2D eigenvalue weighted by molar-refractivity contribution is -0.124. The number of nitrogens with one attached hydrogen (secondary N) is 2. The second kappa shape index (κ2) is 14.6. The van der Waals surface area contributed by atoms with Crippen LogP contribution in [0.3, 0.4) is 0 Å². The van der Waals surface area contributed by atoms with Gasteiger partial charge in [0.1, 0.15) is 25.1 Å². The molecule has 3 rings (SSSR count). The van der Waals surface area contributed by atoms with Gasteiger partial charge in [0, 0.05) is 24.2 Å². The number of ether oxygens (including phenoxy) is 1. The highest BCUT2D eigenvalue weighted by molar-refractivity contribution is 5.76. The van der Waals surface area contributed by atoms with Crippen molar-refractivity contribution in [2.45, 2.75) is 66.0 Å². The van der Waals surface area contributed by atoms with E-state index in [1.807, 2.05) is 26.0 Å². The number of hydrogen-bond donors (Lipinski definition) is 4. The smallest absolute Gasteiger partial charge is 0.258 e. The summed E-state index contributed by atoms with van der Waals surface area (Å²) in [5, 5.41) is 29.1. The van der Waals surface area contributed by atoms with Gasteiger partial charge in [0.2, 0.25) is 11.7 Å². The first-order valence-electron chi connectivity index (χ1n) is 13.4. The topological polar surface area (TPSA) is 130 Å². The Morgan fingerprint density at radius 3 is 2.58 bits per heavy atom. The van der Waals surface area contributed by atoms with E-state index in [0.29, 0.717) is 23.9 Å². The molecule has 0 aliphatic heterocycles. The van der Waals surface area contributed by atoms with Crippen molar-refractivity contribution >= 4 is 5.91 Å². The number of hydrogen-bond acceptors (Lipinski definition) is 8. The molecule has 1 heterocycles. The van der Waals surface area contributed by atoms with E-state index in [2.05, 4.69) is 47.8 Å². The molecule has 0 saturated carbocycles. The van der Waals surface area contributed by atoms with Crippen molar-refractivity contribution in [2.24, 2.45) is 0 Å². The van der Waals surface area contributed by atoms with Crippen LogP contribution in [0.1, 0.15) is 55.9 Å². The summed E-state index contributed by atoms with van der Waals surface area (Å²) in [4.78, 5) is 15.9. The predicted octanol–water partition coefficient (Wildman–Crippen LogP) is 3.57. The van der Waals surface area contributed by atoms with Crippen molar-refractivity contribution in [1.29, 1.82) is 0 Å². The van der Waals surface area contributed by atoms with Crippen LogP contribution in [0.15, 0.2) is 34.9 Å². The molecule has 0 saturated heterocycles. The van der Waals surface area contributed by atoms with E-state index >= 15 is 0 Å². The maximum atomic E-state index is 11.2. The van der Waals surface area contributed by atoms with E-state index in [0.717, 1.165) is 54.6 Å². The quantitative estimate of drug-likeness (QED) is 0.222. The van der Waals surface area contributed by atoms with Gasteiger partial charge in [-0.3, -0.25) is 4.79 Å². The van der Waals surface area contributed by atoms with E-state index < -0.39 is 18.6 Å². The Bertz CT molecular complexity index is 1190. The zero-order valence-corrected chi connectivity index (χ0v) is 22.8. The Morgan fingerprint density at radius 2 is 1.87 bits per heavy atom. The van der Waals surface area contributed by atoms with Crippen LogP contribution in [-0.2, 0) is 24.2 Å². The number of aryl methyl sites for hydroxylation is 3. The zero-order valence-electron chi connectivity index (χ0n) is 22.8. The third-order valence-corrected chi connectivity index (χ3v) is 6.26. The lowest BCUT2D eigenvalue weighted by Gasteiger charge is -2.17. The van der Waals surface area contributed by atoms with Gasteiger partial charge in [0.15, 0.2) is 0 Å². The molecular formula is C29H40N4O5. The van der Waals surface area contributed by atoms with Gasteiger partial charge in [0.05, 0.1) is 0 Å². The molecule has 1 aromatic heterocycles. The summed E-state index contributed by atoms with van der Waals surface area (Å²) in [5.41, 5.74) is 5.98. The molecule has 9 nitrogen and oxygen atoms in total. The minimum atomic E-state index is -0.903. The molecule has 1 atom stereocenters. The monoisotopic (exact) mass is 524 g/mol. The van der Waals surface area contributed by atoms with Gasteiger partial charge in [-0.1, -0.05) is 38.4 Å². The summed E-state index contributed by atoms with van der Waals surface area (Å²) in [7, 11) is 0. The molecule has 2 aromatic carbocycles. The van der Waals surface area contributed by atoms with Gasteiger partial charge < -0.3 is 30.1 Å². The normalized spacial score (nSPS) is 11.9. The van der Waals surface area contributed by atoms with Crippen LogP contribution in [0.5, 0.6) is 5.75 Å². The molecule has 0 unspecified atom stereocenters. The first kappa shape index (κ1) is 29.3. The maximum absolute atomic E-state index is 11.2. The van der Waals surface area contributed by atoms with Crippen molar-refractivity contribution in [3.05, 3.63) is 52.6 Å². The Kier molecular flexibility index (Phi) is 11.3. The standard InChI is InChI=1S/C29H40N4O5/c1-5-8-9-30-15-21-11-20(6-2)12-24(13-21)29-32-28(33-38-29)23-10-19(4)27(22(7-3)14-23)37-18-25(35)16-31-26(36)17-34/h10-14,25,30,34-35H,5-9,15-18H2,1-4H3,(H,31,36)/t25-/m0/s1. The SMILES string of the molecule is CCCCNCc1cc(CC)cc(-c2nc(-c3cc(C)c(OC[C@@H](O)CNC(=O)CO)c(CC)c3)no2)c1. The highest BCUT2D eigenvalue weighted by Gasteiger charge is 2.17. The Labute approximate surface area is 224 Å². The van der Waals surface area contributed by atoms with Gasteiger partial charge >= 0.3 is 0 Å². The van der Waals surface area contributed by atoms with Gasteiger partial charge in [0.25, 0.3) is 5.89 Å². The largest absolute Gasteiger partial charge is 0.490 e. The minimum Gasteiger partial charge on any atom is -0.490 e. The second-order valence-electron chi connectivity index (χ2n) is 9.41. The van der Waals surface area contributed by atoms with Gasteiger partial charge in [-0.05, 0) is 79.3 Å². The first-order chi connectivity index (χ1) is 18.4. The van der Waals surface area contributed by atoms with Crippen molar-refractivity contribution in [3.63, 3.8) is 0 Å². The Morgan fingerprint density at radius 1 is 1.08 bits per heavy atom.